The molecule has 56 valence electrons. The fraction of sp³-hybridized carbons (Fsp3) is 0.500. The molecule has 0 radical (unpaired) electrons. The summed E-state index contributed by atoms with van der Waals surface area (Å²) in [6, 6.07) is 0. The second-order valence-corrected chi connectivity index (χ2v) is 4.40. The lowest BCUT2D eigenvalue weighted by Gasteiger charge is -1.88. The molecule has 0 saturated carbocycles. The first-order valence-electron chi connectivity index (χ1n) is 3.00. The van der Waals surface area contributed by atoms with Crippen molar-refractivity contribution in [1.29, 1.82) is 0 Å². The van der Waals surface area contributed by atoms with Crippen LogP contribution in [0.4, 0.5) is 0 Å². The molecule has 1 heterocycles. The van der Waals surface area contributed by atoms with Gasteiger partial charge in [-0.2, -0.15) is 0 Å². The zero-order chi connectivity index (χ0) is 7.56. The van der Waals surface area contributed by atoms with Crippen LogP contribution in [-0.4, -0.2) is 12.0 Å². The molecule has 0 aliphatic heterocycles. The molecule has 4 heteroatoms. The minimum atomic E-state index is 0.858. The number of rotatable bonds is 2. The molecule has 1 aromatic heterocycles. The Bertz CT molecular complexity index is 202. The van der Waals surface area contributed by atoms with Gasteiger partial charge in [0.25, 0.3) is 0 Å². The summed E-state index contributed by atoms with van der Waals surface area (Å²) in [5.74, 6) is 0. The Balaban J connectivity index is 2.77. The van der Waals surface area contributed by atoms with Gasteiger partial charge in [-0.15, -0.1) is 11.3 Å². The van der Waals surface area contributed by atoms with Crippen LogP contribution in [0.1, 0.15) is 10.7 Å². The lowest BCUT2D eigenvalue weighted by molar-refractivity contribution is 0.807. The van der Waals surface area contributed by atoms with Gasteiger partial charge >= 0.3 is 0 Å². The van der Waals surface area contributed by atoms with Crippen molar-refractivity contribution < 1.29 is 0 Å². The van der Waals surface area contributed by atoms with Gasteiger partial charge in [0.2, 0.25) is 0 Å². The first-order chi connectivity index (χ1) is 4.74. The van der Waals surface area contributed by atoms with Crippen LogP contribution in [0.2, 0.25) is 0 Å². The minimum Gasteiger partial charge on any atom is -0.314 e. The highest BCUT2D eigenvalue weighted by molar-refractivity contribution is 9.11. The van der Waals surface area contributed by atoms with Crippen LogP contribution >= 0.6 is 27.3 Å². The van der Waals surface area contributed by atoms with Crippen LogP contribution < -0.4 is 5.32 Å². The lowest BCUT2D eigenvalue weighted by atomic mass is 10.6. The zero-order valence-corrected chi connectivity index (χ0v) is 8.34. The topological polar surface area (TPSA) is 24.9 Å². The number of thiazole rings is 1. The molecule has 1 aromatic rings. The molecule has 1 N–H and O–H groups in total. The Morgan fingerprint density at radius 3 is 2.80 bits per heavy atom. The van der Waals surface area contributed by atoms with Gasteiger partial charge in [0.1, 0.15) is 5.01 Å². The van der Waals surface area contributed by atoms with Crippen molar-refractivity contribution in [3.05, 3.63) is 14.5 Å². The van der Waals surface area contributed by atoms with Crippen molar-refractivity contribution in [1.82, 2.24) is 10.3 Å². The molecule has 0 atom stereocenters. The van der Waals surface area contributed by atoms with Crippen LogP contribution in [-0.2, 0) is 6.54 Å². The fourth-order valence-electron chi connectivity index (χ4n) is 0.658. The first-order valence-corrected chi connectivity index (χ1v) is 4.61. The number of hydrogen-bond donors (Lipinski definition) is 1. The van der Waals surface area contributed by atoms with E-state index in [4.69, 9.17) is 0 Å². The number of aromatic nitrogens is 1. The summed E-state index contributed by atoms with van der Waals surface area (Å²) < 4.78 is 1.14. The third kappa shape index (κ3) is 1.78. The summed E-state index contributed by atoms with van der Waals surface area (Å²) in [6.45, 7) is 2.86. The number of halogens is 1. The van der Waals surface area contributed by atoms with Crippen molar-refractivity contribution in [2.45, 2.75) is 13.5 Å². The summed E-state index contributed by atoms with van der Waals surface area (Å²) in [5.41, 5.74) is 1.08. The average molecular weight is 221 g/mol. The molecule has 0 amide bonds. The van der Waals surface area contributed by atoms with E-state index in [2.05, 4.69) is 26.2 Å². The zero-order valence-electron chi connectivity index (χ0n) is 5.94. The van der Waals surface area contributed by atoms with Gasteiger partial charge in [-0.1, -0.05) is 0 Å². The maximum Gasteiger partial charge on any atom is 0.108 e. The van der Waals surface area contributed by atoms with Crippen LogP contribution in [0.15, 0.2) is 3.79 Å². The standard InChI is InChI=1S/C6H9BrN2S/c1-4-6(7)10-5(9-4)3-8-2/h8H,3H2,1-2H3. The van der Waals surface area contributed by atoms with E-state index in [1.165, 1.54) is 0 Å². The number of aryl methyl sites for hydroxylation is 1. The molecule has 0 aliphatic carbocycles. The Hall–Kier alpha value is 0.0700. The molecule has 1 rings (SSSR count). The fourth-order valence-corrected chi connectivity index (χ4v) is 2.11. The Morgan fingerprint density at radius 1 is 1.70 bits per heavy atom. The van der Waals surface area contributed by atoms with Crippen molar-refractivity contribution in [3.63, 3.8) is 0 Å². The van der Waals surface area contributed by atoms with Gasteiger partial charge in [-0.3, -0.25) is 0 Å². The van der Waals surface area contributed by atoms with Crippen LogP contribution in [0.5, 0.6) is 0 Å². The Morgan fingerprint density at radius 2 is 2.40 bits per heavy atom. The van der Waals surface area contributed by atoms with E-state index >= 15 is 0 Å². The van der Waals surface area contributed by atoms with Crippen molar-refractivity contribution in [2.75, 3.05) is 7.05 Å². The van der Waals surface area contributed by atoms with E-state index in [0.29, 0.717) is 0 Å². The highest BCUT2D eigenvalue weighted by Crippen LogP contribution is 2.23. The van der Waals surface area contributed by atoms with Crippen molar-refractivity contribution >= 4 is 27.3 Å². The molecule has 0 aliphatic rings. The summed E-state index contributed by atoms with van der Waals surface area (Å²) in [7, 11) is 1.92. The first kappa shape index (κ1) is 8.17. The van der Waals surface area contributed by atoms with Gasteiger partial charge in [-0.25, -0.2) is 4.98 Å². The van der Waals surface area contributed by atoms with E-state index in [1.54, 1.807) is 11.3 Å². The molecule has 0 bridgehead atoms. The normalized spacial score (nSPS) is 10.3. The third-order valence-electron chi connectivity index (χ3n) is 1.11. The predicted octanol–water partition coefficient (Wildman–Crippen LogP) is 1.93. The second-order valence-electron chi connectivity index (χ2n) is 2.00. The molecule has 0 fully saturated rings. The Labute approximate surface area is 72.8 Å². The summed E-state index contributed by atoms with van der Waals surface area (Å²) in [4.78, 5) is 4.31. The second kappa shape index (κ2) is 3.46. The maximum absolute atomic E-state index is 4.31. The molecule has 0 unspecified atom stereocenters. The van der Waals surface area contributed by atoms with E-state index < -0.39 is 0 Å². The molecule has 2 nitrogen and oxygen atoms in total. The number of nitrogens with zero attached hydrogens (tertiary/aromatic N) is 1. The van der Waals surface area contributed by atoms with Crippen LogP contribution in [0.25, 0.3) is 0 Å². The maximum atomic E-state index is 4.31. The van der Waals surface area contributed by atoms with E-state index in [0.717, 1.165) is 21.0 Å². The average Bonchev–Trinajstić information content (AvgIpc) is 2.14. The summed E-state index contributed by atoms with van der Waals surface area (Å²) in [5, 5.41) is 4.18. The highest BCUT2D eigenvalue weighted by atomic mass is 79.9. The molecular formula is C6H9BrN2S. The van der Waals surface area contributed by atoms with Crippen LogP contribution in [0, 0.1) is 6.92 Å². The molecule has 0 saturated heterocycles. The van der Waals surface area contributed by atoms with Crippen molar-refractivity contribution in [2.24, 2.45) is 0 Å². The molecule has 0 aromatic carbocycles. The van der Waals surface area contributed by atoms with Gasteiger partial charge in [0.05, 0.1) is 9.48 Å². The lowest BCUT2D eigenvalue weighted by Crippen LogP contribution is -2.04. The monoisotopic (exact) mass is 220 g/mol. The van der Waals surface area contributed by atoms with Gasteiger partial charge < -0.3 is 5.32 Å². The van der Waals surface area contributed by atoms with E-state index in [-0.39, 0.29) is 0 Å². The SMILES string of the molecule is CNCc1nc(C)c(Br)s1. The van der Waals surface area contributed by atoms with Gasteiger partial charge in [0, 0.05) is 6.54 Å². The summed E-state index contributed by atoms with van der Waals surface area (Å²) in [6.07, 6.45) is 0. The minimum absolute atomic E-state index is 0.858. The van der Waals surface area contributed by atoms with Crippen molar-refractivity contribution in [3.8, 4) is 0 Å². The molecule has 10 heavy (non-hydrogen) atoms. The van der Waals surface area contributed by atoms with Gasteiger partial charge in [0.15, 0.2) is 0 Å². The number of hydrogen-bond acceptors (Lipinski definition) is 3. The smallest absolute Gasteiger partial charge is 0.108 e. The molecule has 0 spiro atoms. The highest BCUT2D eigenvalue weighted by Gasteiger charge is 2.01. The molecular weight excluding hydrogens is 212 g/mol. The Kier molecular flexibility index (Phi) is 2.82. The predicted molar refractivity (Wildman–Crippen MR) is 47.3 cm³/mol. The largest absolute Gasteiger partial charge is 0.314 e. The van der Waals surface area contributed by atoms with Crippen LogP contribution in [0.3, 0.4) is 0 Å². The van der Waals surface area contributed by atoms with E-state index in [1.807, 2.05) is 14.0 Å². The number of nitrogens with one attached hydrogen (secondary N) is 1. The van der Waals surface area contributed by atoms with Gasteiger partial charge in [-0.05, 0) is 29.9 Å². The summed E-state index contributed by atoms with van der Waals surface area (Å²) >= 11 is 5.10. The third-order valence-corrected chi connectivity index (χ3v) is 3.12. The quantitative estimate of drug-likeness (QED) is 0.825. The van der Waals surface area contributed by atoms with E-state index in [9.17, 15) is 0 Å².